The normalized spacial score (nSPS) is 15.7. The molecule has 0 atom stereocenters. The van der Waals surface area contributed by atoms with Crippen LogP contribution < -0.4 is 4.74 Å². The Labute approximate surface area is 135 Å². The topological polar surface area (TPSA) is 26.3 Å². The highest BCUT2D eigenvalue weighted by molar-refractivity contribution is 7.98. The molecule has 2 aromatic carbocycles. The zero-order valence-electron chi connectivity index (χ0n) is 12.8. The third-order valence-corrected chi connectivity index (χ3v) is 4.74. The van der Waals surface area contributed by atoms with Crippen LogP contribution >= 0.6 is 11.8 Å². The predicted octanol–water partition coefficient (Wildman–Crippen LogP) is 4.63. The van der Waals surface area contributed by atoms with Crippen molar-refractivity contribution in [1.29, 1.82) is 0 Å². The molecule has 0 amide bonds. The molecule has 0 fully saturated rings. The number of ether oxygens (including phenoxy) is 1. The Morgan fingerprint density at radius 1 is 1.14 bits per heavy atom. The highest BCUT2D eigenvalue weighted by Gasteiger charge is 2.21. The molecular weight excluding hydrogens is 292 g/mol. The third-order valence-electron chi connectivity index (χ3n) is 3.97. The highest BCUT2D eigenvalue weighted by atomic mass is 32.2. The minimum Gasteiger partial charge on any atom is -0.496 e. The molecule has 22 heavy (non-hydrogen) atoms. The Hall–Kier alpha value is -2.00. The molecule has 1 aliphatic carbocycles. The quantitative estimate of drug-likeness (QED) is 0.611. The van der Waals surface area contributed by atoms with Crippen LogP contribution in [0.1, 0.15) is 27.9 Å². The number of carbonyl (C=O) groups is 1. The van der Waals surface area contributed by atoms with Gasteiger partial charge in [-0.05, 0) is 48.4 Å². The number of aryl methyl sites for hydroxylation is 1. The van der Waals surface area contributed by atoms with E-state index < -0.39 is 0 Å². The first-order valence-corrected chi connectivity index (χ1v) is 8.50. The van der Waals surface area contributed by atoms with Gasteiger partial charge in [0.1, 0.15) is 5.75 Å². The second-order valence-electron chi connectivity index (χ2n) is 5.27. The van der Waals surface area contributed by atoms with Gasteiger partial charge >= 0.3 is 0 Å². The number of methoxy groups -OCH3 is 1. The Kier molecular flexibility index (Phi) is 4.34. The second kappa shape index (κ2) is 6.41. The SMILES string of the molecule is COc1cc(/C=C2\CCc3ccccc3C2=O)ccc1SC. The fourth-order valence-corrected chi connectivity index (χ4v) is 3.34. The molecule has 0 aromatic heterocycles. The first kappa shape index (κ1) is 14.9. The average molecular weight is 310 g/mol. The van der Waals surface area contributed by atoms with Gasteiger partial charge in [0.05, 0.1) is 7.11 Å². The summed E-state index contributed by atoms with van der Waals surface area (Å²) in [5, 5.41) is 0. The van der Waals surface area contributed by atoms with Gasteiger partial charge in [-0.25, -0.2) is 0 Å². The van der Waals surface area contributed by atoms with Gasteiger partial charge in [0.15, 0.2) is 5.78 Å². The van der Waals surface area contributed by atoms with Gasteiger partial charge in [-0.3, -0.25) is 4.79 Å². The van der Waals surface area contributed by atoms with Gasteiger partial charge < -0.3 is 4.74 Å². The lowest BCUT2D eigenvalue weighted by Crippen LogP contribution is -2.13. The molecule has 0 heterocycles. The van der Waals surface area contributed by atoms with Crippen LogP contribution in [0.5, 0.6) is 5.75 Å². The summed E-state index contributed by atoms with van der Waals surface area (Å²) in [5.74, 6) is 1.00. The maximum Gasteiger partial charge on any atom is 0.189 e. The van der Waals surface area contributed by atoms with Crippen molar-refractivity contribution in [3.63, 3.8) is 0 Å². The lowest BCUT2D eigenvalue weighted by Gasteiger charge is -2.17. The monoisotopic (exact) mass is 310 g/mol. The van der Waals surface area contributed by atoms with Crippen molar-refractivity contribution in [2.45, 2.75) is 17.7 Å². The molecule has 0 bridgehead atoms. The minimum absolute atomic E-state index is 0.148. The summed E-state index contributed by atoms with van der Waals surface area (Å²) >= 11 is 1.65. The first-order chi connectivity index (χ1) is 10.7. The second-order valence-corrected chi connectivity index (χ2v) is 6.12. The van der Waals surface area contributed by atoms with E-state index in [0.717, 1.165) is 45.8 Å². The van der Waals surface area contributed by atoms with E-state index in [4.69, 9.17) is 4.74 Å². The number of rotatable bonds is 3. The number of hydrogen-bond acceptors (Lipinski definition) is 3. The number of ketones is 1. The van der Waals surface area contributed by atoms with Crippen LogP contribution in [0.25, 0.3) is 6.08 Å². The molecule has 0 radical (unpaired) electrons. The molecule has 2 aromatic rings. The lowest BCUT2D eigenvalue weighted by molar-refractivity contribution is 0.102. The molecule has 0 spiro atoms. The van der Waals surface area contributed by atoms with Crippen LogP contribution in [0, 0.1) is 0 Å². The van der Waals surface area contributed by atoms with E-state index in [1.54, 1.807) is 18.9 Å². The van der Waals surface area contributed by atoms with E-state index in [0.29, 0.717) is 0 Å². The number of carbonyl (C=O) groups excluding carboxylic acids is 1. The maximum absolute atomic E-state index is 12.6. The fourth-order valence-electron chi connectivity index (χ4n) is 2.80. The number of Topliss-reactive ketones (excluding diaryl/α,β-unsaturated/α-hetero) is 1. The van der Waals surface area contributed by atoms with Crippen LogP contribution in [0.2, 0.25) is 0 Å². The van der Waals surface area contributed by atoms with Crippen molar-refractivity contribution < 1.29 is 9.53 Å². The van der Waals surface area contributed by atoms with Crippen molar-refractivity contribution in [2.75, 3.05) is 13.4 Å². The zero-order valence-corrected chi connectivity index (χ0v) is 13.6. The molecule has 112 valence electrons. The molecular formula is C19H18O2S. The molecule has 2 nitrogen and oxygen atoms in total. The zero-order chi connectivity index (χ0) is 15.5. The number of hydrogen-bond donors (Lipinski definition) is 0. The van der Waals surface area contributed by atoms with Crippen LogP contribution in [-0.4, -0.2) is 19.1 Å². The van der Waals surface area contributed by atoms with Gasteiger partial charge in [-0.2, -0.15) is 0 Å². The van der Waals surface area contributed by atoms with Crippen molar-refractivity contribution in [3.8, 4) is 5.75 Å². The van der Waals surface area contributed by atoms with Gasteiger partial charge in [0.25, 0.3) is 0 Å². The standard InChI is InChI=1S/C19H18O2S/c1-21-17-12-13(7-10-18(17)22-2)11-15-9-8-14-5-3-4-6-16(14)19(15)20/h3-7,10-12H,8-9H2,1-2H3/b15-11+. The van der Waals surface area contributed by atoms with E-state index in [1.165, 1.54) is 0 Å². The minimum atomic E-state index is 0.148. The van der Waals surface area contributed by atoms with E-state index >= 15 is 0 Å². The average Bonchev–Trinajstić information content (AvgIpc) is 2.57. The van der Waals surface area contributed by atoms with Gasteiger partial charge in [0, 0.05) is 16.0 Å². The summed E-state index contributed by atoms with van der Waals surface area (Å²) in [6.45, 7) is 0. The molecule has 0 saturated carbocycles. The van der Waals surface area contributed by atoms with Gasteiger partial charge in [-0.1, -0.05) is 30.3 Å². The number of thioether (sulfide) groups is 1. The molecule has 3 heteroatoms. The summed E-state index contributed by atoms with van der Waals surface area (Å²) in [5.41, 5.74) is 3.88. The Morgan fingerprint density at radius 2 is 1.95 bits per heavy atom. The van der Waals surface area contributed by atoms with Gasteiger partial charge in [-0.15, -0.1) is 11.8 Å². The Morgan fingerprint density at radius 3 is 2.73 bits per heavy atom. The highest BCUT2D eigenvalue weighted by Crippen LogP contribution is 2.31. The largest absolute Gasteiger partial charge is 0.496 e. The smallest absolute Gasteiger partial charge is 0.189 e. The van der Waals surface area contributed by atoms with E-state index in [2.05, 4.69) is 0 Å². The Balaban J connectivity index is 1.95. The number of benzene rings is 2. The van der Waals surface area contributed by atoms with Crippen molar-refractivity contribution in [2.24, 2.45) is 0 Å². The summed E-state index contributed by atoms with van der Waals surface area (Å²) in [7, 11) is 1.67. The summed E-state index contributed by atoms with van der Waals surface area (Å²) < 4.78 is 5.41. The molecule has 0 aliphatic heterocycles. The Bertz CT molecular complexity index is 747. The predicted molar refractivity (Wildman–Crippen MR) is 91.8 cm³/mol. The van der Waals surface area contributed by atoms with Crippen molar-refractivity contribution >= 4 is 23.6 Å². The van der Waals surface area contributed by atoms with E-state index in [9.17, 15) is 4.79 Å². The van der Waals surface area contributed by atoms with Crippen LogP contribution in [0.3, 0.4) is 0 Å². The van der Waals surface area contributed by atoms with E-state index in [-0.39, 0.29) is 5.78 Å². The van der Waals surface area contributed by atoms with Crippen LogP contribution in [0.15, 0.2) is 52.9 Å². The number of fused-ring (bicyclic) bond motifs is 1. The summed E-state index contributed by atoms with van der Waals surface area (Å²) in [6, 6.07) is 13.9. The van der Waals surface area contributed by atoms with E-state index in [1.807, 2.05) is 54.8 Å². The molecule has 0 N–H and O–H groups in total. The summed E-state index contributed by atoms with van der Waals surface area (Å²) in [6.07, 6.45) is 5.73. The van der Waals surface area contributed by atoms with Crippen molar-refractivity contribution in [3.05, 3.63) is 64.7 Å². The summed E-state index contributed by atoms with van der Waals surface area (Å²) in [4.78, 5) is 13.7. The fraction of sp³-hybridized carbons (Fsp3) is 0.211. The lowest BCUT2D eigenvalue weighted by atomic mass is 9.86. The van der Waals surface area contributed by atoms with Crippen molar-refractivity contribution in [1.82, 2.24) is 0 Å². The van der Waals surface area contributed by atoms with Crippen LogP contribution in [-0.2, 0) is 6.42 Å². The number of allylic oxidation sites excluding steroid dienone is 1. The molecule has 0 saturated heterocycles. The maximum atomic E-state index is 12.6. The molecule has 1 aliphatic rings. The molecule has 3 rings (SSSR count). The molecule has 0 unspecified atom stereocenters. The third kappa shape index (κ3) is 2.81. The van der Waals surface area contributed by atoms with Gasteiger partial charge in [0.2, 0.25) is 0 Å². The van der Waals surface area contributed by atoms with Crippen LogP contribution in [0.4, 0.5) is 0 Å². The first-order valence-electron chi connectivity index (χ1n) is 7.28.